The van der Waals surface area contributed by atoms with Crippen molar-refractivity contribution in [2.45, 2.75) is 20.3 Å². The van der Waals surface area contributed by atoms with Gasteiger partial charge in [-0.15, -0.1) is 11.3 Å². The monoisotopic (exact) mass is 299 g/mol. The van der Waals surface area contributed by atoms with Gasteiger partial charge in [0.2, 0.25) is 11.8 Å². The van der Waals surface area contributed by atoms with Crippen LogP contribution in [0.4, 0.5) is 5.95 Å². The van der Waals surface area contributed by atoms with Gasteiger partial charge in [0.25, 0.3) is 0 Å². The Balaban J connectivity index is 2.05. The van der Waals surface area contributed by atoms with Gasteiger partial charge < -0.3 is 10.1 Å². The Hall–Kier alpha value is -2.14. The molecule has 0 unspecified atom stereocenters. The molecule has 0 fully saturated rings. The van der Waals surface area contributed by atoms with Crippen molar-refractivity contribution in [3.63, 3.8) is 0 Å². The van der Waals surface area contributed by atoms with Crippen LogP contribution >= 0.6 is 11.3 Å². The first-order chi connectivity index (χ1) is 10.2. The number of fused-ring (bicyclic) bond motifs is 1. The Bertz CT molecular complexity index is 782. The molecule has 2 heterocycles. The third-order valence-electron chi connectivity index (χ3n) is 3.23. The molecule has 0 atom stereocenters. The van der Waals surface area contributed by atoms with Crippen molar-refractivity contribution in [1.82, 2.24) is 9.97 Å². The number of hydrogen-bond acceptors (Lipinski definition) is 5. The summed E-state index contributed by atoms with van der Waals surface area (Å²) in [7, 11) is 1.81. The van der Waals surface area contributed by atoms with Crippen LogP contribution in [0.2, 0.25) is 0 Å². The maximum Gasteiger partial charge on any atom is 0.232 e. The van der Waals surface area contributed by atoms with E-state index in [1.54, 1.807) is 11.3 Å². The van der Waals surface area contributed by atoms with E-state index in [4.69, 9.17) is 4.74 Å². The van der Waals surface area contributed by atoms with Crippen molar-refractivity contribution in [1.29, 1.82) is 0 Å². The number of thiophene rings is 1. The third kappa shape index (κ3) is 2.83. The van der Waals surface area contributed by atoms with Crippen molar-refractivity contribution in [2.24, 2.45) is 0 Å². The molecule has 0 aliphatic rings. The average molecular weight is 299 g/mol. The molecule has 0 radical (unpaired) electrons. The molecule has 0 aliphatic heterocycles. The lowest BCUT2D eigenvalue weighted by molar-refractivity contribution is 0.468. The van der Waals surface area contributed by atoms with Crippen LogP contribution in [-0.4, -0.2) is 17.0 Å². The minimum absolute atomic E-state index is 0.575. The highest BCUT2D eigenvalue weighted by atomic mass is 32.1. The number of rotatable bonds is 4. The lowest BCUT2D eigenvalue weighted by Gasteiger charge is -2.08. The summed E-state index contributed by atoms with van der Waals surface area (Å²) in [5, 5.41) is 3.94. The van der Waals surface area contributed by atoms with Crippen LogP contribution in [-0.2, 0) is 6.42 Å². The first-order valence-electron chi connectivity index (χ1n) is 6.92. The highest BCUT2D eigenvalue weighted by Crippen LogP contribution is 2.33. The molecule has 21 heavy (non-hydrogen) atoms. The van der Waals surface area contributed by atoms with Gasteiger partial charge in [0.15, 0.2) is 0 Å². The molecule has 0 amide bonds. The van der Waals surface area contributed by atoms with Gasteiger partial charge in [0.05, 0.1) is 5.39 Å². The molecular formula is C16H17N3OS. The van der Waals surface area contributed by atoms with Gasteiger partial charge >= 0.3 is 0 Å². The molecular weight excluding hydrogens is 282 g/mol. The zero-order chi connectivity index (χ0) is 14.8. The zero-order valence-corrected chi connectivity index (χ0v) is 13.1. The molecule has 0 saturated heterocycles. The maximum atomic E-state index is 6.01. The summed E-state index contributed by atoms with van der Waals surface area (Å²) in [5.41, 5.74) is 1.24. The Morgan fingerprint density at radius 1 is 1.24 bits per heavy atom. The van der Waals surface area contributed by atoms with E-state index < -0.39 is 0 Å². The molecule has 0 spiro atoms. The van der Waals surface area contributed by atoms with Gasteiger partial charge in [0.1, 0.15) is 10.6 Å². The number of ether oxygens (including phenoxy) is 1. The Morgan fingerprint density at radius 2 is 2.10 bits per heavy atom. The Kier molecular flexibility index (Phi) is 3.75. The predicted molar refractivity (Wildman–Crippen MR) is 87.6 cm³/mol. The van der Waals surface area contributed by atoms with Gasteiger partial charge in [-0.2, -0.15) is 4.98 Å². The second kappa shape index (κ2) is 5.69. The number of hydrogen-bond donors (Lipinski definition) is 1. The van der Waals surface area contributed by atoms with Crippen LogP contribution in [0.5, 0.6) is 11.6 Å². The summed E-state index contributed by atoms with van der Waals surface area (Å²) in [5.74, 6) is 1.98. The second-order valence-electron chi connectivity index (χ2n) is 4.78. The minimum atomic E-state index is 0.575. The van der Waals surface area contributed by atoms with E-state index >= 15 is 0 Å². The smallest absolute Gasteiger partial charge is 0.232 e. The van der Waals surface area contributed by atoms with E-state index in [1.165, 1.54) is 10.4 Å². The molecule has 2 aromatic heterocycles. The first kappa shape index (κ1) is 13.8. The maximum absolute atomic E-state index is 6.01. The number of nitrogens with zero attached hydrogens (tertiary/aromatic N) is 2. The molecule has 108 valence electrons. The van der Waals surface area contributed by atoms with E-state index in [0.717, 1.165) is 22.4 Å². The highest BCUT2D eigenvalue weighted by molar-refractivity contribution is 7.18. The first-order valence-corrected chi connectivity index (χ1v) is 7.74. The lowest BCUT2D eigenvalue weighted by atomic mass is 10.2. The largest absolute Gasteiger partial charge is 0.438 e. The van der Waals surface area contributed by atoms with Crippen LogP contribution in [0.25, 0.3) is 10.2 Å². The van der Waals surface area contributed by atoms with Gasteiger partial charge in [-0.1, -0.05) is 19.1 Å². The zero-order valence-electron chi connectivity index (χ0n) is 12.3. The lowest BCUT2D eigenvalue weighted by Crippen LogP contribution is -1.98. The number of aryl methyl sites for hydroxylation is 2. The van der Waals surface area contributed by atoms with Crippen molar-refractivity contribution < 1.29 is 4.74 Å². The molecule has 0 aliphatic carbocycles. The quantitative estimate of drug-likeness (QED) is 0.776. The molecule has 0 saturated carbocycles. The molecule has 0 bridgehead atoms. The fraction of sp³-hybridized carbons (Fsp3) is 0.250. The van der Waals surface area contributed by atoms with Crippen LogP contribution < -0.4 is 10.1 Å². The summed E-state index contributed by atoms with van der Waals surface area (Å²) in [6.45, 7) is 4.19. The normalized spacial score (nSPS) is 10.8. The van der Waals surface area contributed by atoms with Gasteiger partial charge in [0, 0.05) is 11.9 Å². The SMILES string of the molecule is CCc1cccc(Oc2nc(NC)nc3sc(C)cc23)c1. The molecule has 3 aromatic rings. The van der Waals surface area contributed by atoms with E-state index in [-0.39, 0.29) is 0 Å². The summed E-state index contributed by atoms with van der Waals surface area (Å²) in [4.78, 5) is 11.0. The fourth-order valence-electron chi connectivity index (χ4n) is 2.15. The standard InChI is InChI=1S/C16H17N3OS/c1-4-11-6-5-7-12(9-11)20-14-13-8-10(2)21-15(13)19-16(17-3)18-14/h5-9H,4H2,1-3H3,(H,17,18,19). The fourth-order valence-corrected chi connectivity index (χ4v) is 3.02. The van der Waals surface area contributed by atoms with E-state index in [0.29, 0.717) is 11.8 Å². The predicted octanol–water partition coefficient (Wildman–Crippen LogP) is 4.40. The number of aromatic nitrogens is 2. The molecule has 4 nitrogen and oxygen atoms in total. The molecule has 1 aromatic carbocycles. The van der Waals surface area contributed by atoms with E-state index in [1.807, 2.05) is 25.2 Å². The molecule has 5 heteroatoms. The van der Waals surface area contributed by atoms with Crippen LogP contribution in [0.1, 0.15) is 17.4 Å². The van der Waals surface area contributed by atoms with Crippen LogP contribution in [0.15, 0.2) is 30.3 Å². The van der Waals surface area contributed by atoms with Crippen molar-refractivity contribution >= 4 is 27.5 Å². The number of anilines is 1. The van der Waals surface area contributed by atoms with Gasteiger partial charge in [-0.25, -0.2) is 4.98 Å². The minimum Gasteiger partial charge on any atom is -0.438 e. The third-order valence-corrected chi connectivity index (χ3v) is 4.17. The molecule has 3 rings (SSSR count). The van der Waals surface area contributed by atoms with E-state index in [9.17, 15) is 0 Å². The van der Waals surface area contributed by atoms with Crippen molar-refractivity contribution in [3.8, 4) is 11.6 Å². The number of benzene rings is 1. The number of nitrogens with one attached hydrogen (secondary N) is 1. The summed E-state index contributed by atoms with van der Waals surface area (Å²) in [6, 6.07) is 10.2. The highest BCUT2D eigenvalue weighted by Gasteiger charge is 2.12. The Morgan fingerprint density at radius 3 is 2.86 bits per heavy atom. The topological polar surface area (TPSA) is 47.0 Å². The Labute approximate surface area is 127 Å². The van der Waals surface area contributed by atoms with Gasteiger partial charge in [-0.05, 0) is 37.1 Å². The van der Waals surface area contributed by atoms with E-state index in [2.05, 4.69) is 41.3 Å². The average Bonchev–Trinajstić information content (AvgIpc) is 2.88. The van der Waals surface area contributed by atoms with Crippen molar-refractivity contribution in [2.75, 3.05) is 12.4 Å². The van der Waals surface area contributed by atoms with Crippen molar-refractivity contribution in [3.05, 3.63) is 40.8 Å². The van der Waals surface area contributed by atoms with Crippen LogP contribution in [0, 0.1) is 6.92 Å². The molecule has 1 N–H and O–H groups in total. The van der Waals surface area contributed by atoms with Gasteiger partial charge in [-0.3, -0.25) is 0 Å². The van der Waals surface area contributed by atoms with Crippen LogP contribution in [0.3, 0.4) is 0 Å². The summed E-state index contributed by atoms with van der Waals surface area (Å²) in [6.07, 6.45) is 0.982. The second-order valence-corrected chi connectivity index (χ2v) is 6.02. The summed E-state index contributed by atoms with van der Waals surface area (Å²) >= 11 is 1.64. The summed E-state index contributed by atoms with van der Waals surface area (Å²) < 4.78 is 6.01.